The van der Waals surface area contributed by atoms with Crippen molar-refractivity contribution >= 4 is 11.0 Å². The van der Waals surface area contributed by atoms with Gasteiger partial charge in [0.25, 0.3) is 0 Å². The molecule has 118 valence electrons. The van der Waals surface area contributed by atoms with Gasteiger partial charge in [0, 0.05) is 18.2 Å². The predicted octanol–water partition coefficient (Wildman–Crippen LogP) is -3.50. The molecule has 0 unspecified atom stereocenters. The number of quaternary nitrogens is 1. The van der Waals surface area contributed by atoms with E-state index in [0.717, 1.165) is 6.54 Å². The number of likely N-dealkylation sites (N-methyl/N-ethyl adjacent to an activating group) is 1. The minimum absolute atomic E-state index is 0. The molecular formula is C14H20ClNO5. The van der Waals surface area contributed by atoms with Gasteiger partial charge in [-0.3, -0.25) is 4.79 Å². The van der Waals surface area contributed by atoms with Gasteiger partial charge in [-0.15, -0.1) is 0 Å². The molecule has 6 nitrogen and oxygen atoms in total. The number of fused-ring (bicyclic) bond motifs is 1. The highest BCUT2D eigenvalue weighted by Crippen LogP contribution is 2.28. The van der Waals surface area contributed by atoms with Crippen LogP contribution in [-0.4, -0.2) is 39.8 Å². The van der Waals surface area contributed by atoms with Gasteiger partial charge >= 0.3 is 0 Å². The number of ether oxygens (including phenoxy) is 2. The zero-order chi connectivity index (χ0) is 13.8. The van der Waals surface area contributed by atoms with Crippen molar-refractivity contribution in [3.8, 4) is 11.5 Å². The maximum Gasteiger partial charge on any atom is 0.196 e. The number of hydrogen-bond acceptors (Lipinski definition) is 4. The minimum Gasteiger partial charge on any atom is -1.00 e. The second-order valence-electron chi connectivity index (χ2n) is 4.59. The van der Waals surface area contributed by atoms with Crippen LogP contribution in [0.3, 0.4) is 0 Å². The average Bonchev–Trinajstić information content (AvgIpc) is 2.38. The van der Waals surface area contributed by atoms with E-state index in [1.54, 1.807) is 19.2 Å². The van der Waals surface area contributed by atoms with Crippen LogP contribution in [0.5, 0.6) is 11.5 Å². The van der Waals surface area contributed by atoms with Crippen molar-refractivity contribution in [2.24, 2.45) is 0 Å². The molecule has 0 atom stereocenters. The van der Waals surface area contributed by atoms with E-state index in [1.165, 1.54) is 17.2 Å². The van der Waals surface area contributed by atoms with Crippen LogP contribution in [0.15, 0.2) is 33.7 Å². The van der Waals surface area contributed by atoms with E-state index in [4.69, 9.17) is 13.9 Å². The fourth-order valence-corrected chi connectivity index (χ4v) is 1.75. The summed E-state index contributed by atoms with van der Waals surface area (Å²) in [5.74, 6) is 1.11. The number of methoxy groups -OCH3 is 1. The first kappa shape index (κ1) is 19.2. The van der Waals surface area contributed by atoms with E-state index >= 15 is 0 Å². The molecule has 21 heavy (non-hydrogen) atoms. The predicted molar refractivity (Wildman–Crippen MR) is 75.8 cm³/mol. The Hall–Kier alpha value is -1.76. The molecule has 2 aromatic rings. The van der Waals surface area contributed by atoms with Gasteiger partial charge in [0.05, 0.1) is 27.5 Å². The normalized spacial score (nSPS) is 9.90. The molecule has 0 saturated carbocycles. The quantitative estimate of drug-likeness (QED) is 0.620. The lowest BCUT2D eigenvalue weighted by Crippen LogP contribution is -3.06. The van der Waals surface area contributed by atoms with Gasteiger partial charge in [-0.25, -0.2) is 0 Å². The second-order valence-corrected chi connectivity index (χ2v) is 4.59. The molecule has 0 radical (unpaired) electrons. The van der Waals surface area contributed by atoms with E-state index in [2.05, 4.69) is 0 Å². The van der Waals surface area contributed by atoms with Crippen LogP contribution in [-0.2, 0) is 0 Å². The van der Waals surface area contributed by atoms with Crippen LogP contribution in [0.4, 0.5) is 0 Å². The van der Waals surface area contributed by atoms with Crippen molar-refractivity contribution in [1.82, 2.24) is 0 Å². The Balaban J connectivity index is 0.00000200. The van der Waals surface area contributed by atoms with Gasteiger partial charge in [0.15, 0.2) is 5.43 Å². The highest BCUT2D eigenvalue weighted by atomic mass is 35.5. The first-order chi connectivity index (χ1) is 9.11. The van der Waals surface area contributed by atoms with Crippen LogP contribution in [0.25, 0.3) is 11.0 Å². The van der Waals surface area contributed by atoms with E-state index < -0.39 is 0 Å². The largest absolute Gasteiger partial charge is 1.00 e. The van der Waals surface area contributed by atoms with Gasteiger partial charge in [0.2, 0.25) is 0 Å². The molecule has 0 bridgehead atoms. The van der Waals surface area contributed by atoms with Crippen molar-refractivity contribution in [3.63, 3.8) is 0 Å². The number of nitrogens with one attached hydrogen (secondary N) is 1. The third kappa shape index (κ3) is 4.63. The highest BCUT2D eigenvalue weighted by Gasteiger charge is 2.11. The van der Waals surface area contributed by atoms with Crippen molar-refractivity contribution in [1.29, 1.82) is 0 Å². The SMILES string of the molecule is COc1cc(OCC[NH+](C)C)c2c(=O)ccoc2c1.O.[Cl-]. The molecule has 0 saturated heterocycles. The Bertz CT molecular complexity index is 626. The van der Waals surface area contributed by atoms with Crippen LogP contribution in [0.1, 0.15) is 0 Å². The summed E-state index contributed by atoms with van der Waals surface area (Å²) in [6.45, 7) is 1.37. The molecule has 2 rings (SSSR count). The van der Waals surface area contributed by atoms with Gasteiger partial charge < -0.3 is 36.7 Å². The summed E-state index contributed by atoms with van der Waals surface area (Å²) < 4.78 is 16.2. The summed E-state index contributed by atoms with van der Waals surface area (Å²) in [6.07, 6.45) is 1.37. The average molecular weight is 318 g/mol. The lowest BCUT2D eigenvalue weighted by Gasteiger charge is -2.11. The van der Waals surface area contributed by atoms with Crippen LogP contribution in [0.2, 0.25) is 0 Å². The Morgan fingerprint density at radius 2 is 2.00 bits per heavy atom. The summed E-state index contributed by atoms with van der Waals surface area (Å²) in [7, 11) is 5.65. The number of benzene rings is 1. The number of hydrogen-bond donors (Lipinski definition) is 1. The second kappa shape index (κ2) is 8.51. The fraction of sp³-hybridized carbons (Fsp3) is 0.357. The Labute approximate surface area is 129 Å². The summed E-state index contributed by atoms with van der Waals surface area (Å²) in [5.41, 5.74) is 0.357. The summed E-state index contributed by atoms with van der Waals surface area (Å²) in [4.78, 5) is 13.2. The molecular weight excluding hydrogens is 298 g/mol. The molecule has 0 aliphatic carbocycles. The van der Waals surface area contributed by atoms with Crippen molar-refractivity contribution in [2.75, 3.05) is 34.4 Å². The van der Waals surface area contributed by atoms with Gasteiger partial charge in [0.1, 0.15) is 35.6 Å². The lowest BCUT2D eigenvalue weighted by atomic mass is 10.2. The lowest BCUT2D eigenvalue weighted by molar-refractivity contribution is -0.858. The van der Waals surface area contributed by atoms with Crippen LogP contribution >= 0.6 is 0 Å². The zero-order valence-corrected chi connectivity index (χ0v) is 13.0. The third-order valence-corrected chi connectivity index (χ3v) is 2.80. The minimum atomic E-state index is -0.115. The summed E-state index contributed by atoms with van der Waals surface area (Å²) in [6, 6.07) is 4.78. The van der Waals surface area contributed by atoms with E-state index in [1.807, 2.05) is 14.1 Å². The molecule has 7 heteroatoms. The zero-order valence-electron chi connectivity index (χ0n) is 12.2. The molecule has 1 heterocycles. The standard InChI is InChI=1S/C14H17NO4.ClH.H2O/c1-15(2)5-7-19-13-9-10(17-3)8-12-14(13)11(16)4-6-18-12;;/h4,6,8-9H,5,7H2,1-3H3;1H;1H2. The first-order valence-electron chi connectivity index (χ1n) is 6.13. The molecule has 0 fully saturated rings. The van der Waals surface area contributed by atoms with Crippen molar-refractivity contribution in [2.45, 2.75) is 0 Å². The van der Waals surface area contributed by atoms with Gasteiger partial charge in [-0.1, -0.05) is 0 Å². The Morgan fingerprint density at radius 3 is 2.62 bits per heavy atom. The number of halogens is 1. The monoisotopic (exact) mass is 317 g/mol. The molecule has 0 spiro atoms. The maximum absolute atomic E-state index is 11.9. The molecule has 1 aromatic carbocycles. The maximum atomic E-state index is 11.9. The molecule has 0 aliphatic rings. The van der Waals surface area contributed by atoms with E-state index in [0.29, 0.717) is 29.1 Å². The molecule has 0 aliphatic heterocycles. The van der Waals surface area contributed by atoms with Gasteiger partial charge in [-0.2, -0.15) is 0 Å². The topological polar surface area (TPSA) is 84.6 Å². The summed E-state index contributed by atoms with van der Waals surface area (Å²) >= 11 is 0. The first-order valence-corrected chi connectivity index (χ1v) is 6.13. The van der Waals surface area contributed by atoms with Crippen molar-refractivity contribution < 1.29 is 36.7 Å². The van der Waals surface area contributed by atoms with E-state index in [-0.39, 0.29) is 23.3 Å². The highest BCUT2D eigenvalue weighted by molar-refractivity contribution is 5.84. The van der Waals surface area contributed by atoms with E-state index in [9.17, 15) is 4.79 Å². The molecule has 1 aromatic heterocycles. The van der Waals surface area contributed by atoms with Crippen LogP contribution in [0, 0.1) is 0 Å². The van der Waals surface area contributed by atoms with Crippen LogP contribution < -0.4 is 32.2 Å². The Kier molecular flexibility index (Phi) is 7.80. The number of rotatable bonds is 5. The third-order valence-electron chi connectivity index (χ3n) is 2.80. The van der Waals surface area contributed by atoms with Crippen molar-refractivity contribution in [3.05, 3.63) is 34.7 Å². The fourth-order valence-electron chi connectivity index (χ4n) is 1.75. The van der Waals surface area contributed by atoms with Gasteiger partial charge in [-0.05, 0) is 0 Å². The summed E-state index contributed by atoms with van der Waals surface area (Å²) in [5, 5.41) is 0.456. The smallest absolute Gasteiger partial charge is 0.196 e. The Morgan fingerprint density at radius 1 is 1.29 bits per heavy atom. The molecule has 3 N–H and O–H groups in total. The molecule has 0 amide bonds.